The Kier molecular flexibility index (Phi) is 18.2. The molecule has 0 aliphatic rings. The van der Waals surface area contributed by atoms with Crippen molar-refractivity contribution >= 4 is 5.97 Å². The topological polar surface area (TPSA) is 35.5 Å². The van der Waals surface area contributed by atoms with Crippen LogP contribution in [0.5, 0.6) is 5.75 Å². The van der Waals surface area contributed by atoms with Crippen LogP contribution in [-0.2, 0) is 22.5 Å². The van der Waals surface area contributed by atoms with Gasteiger partial charge >= 0.3 is 5.97 Å². The molecular formula is C37H60NO3+. The lowest BCUT2D eigenvalue weighted by atomic mass is 10.0. The molecule has 0 radical (unpaired) electrons. The lowest BCUT2D eigenvalue weighted by Crippen LogP contribution is -2.39. The minimum atomic E-state index is -0.110. The lowest BCUT2D eigenvalue weighted by Gasteiger charge is -2.29. The minimum absolute atomic E-state index is 0.00571. The van der Waals surface area contributed by atoms with E-state index in [0.717, 1.165) is 36.2 Å². The largest absolute Gasteiger partial charge is 0.491 e. The quantitative estimate of drug-likeness (QED) is 0.0721. The van der Waals surface area contributed by atoms with E-state index in [1.807, 2.05) is 12.1 Å². The third-order valence-corrected chi connectivity index (χ3v) is 7.94. The third kappa shape index (κ3) is 18.0. The summed E-state index contributed by atoms with van der Waals surface area (Å²) in [6, 6.07) is 19.0. The Balaban J connectivity index is 1.51. The van der Waals surface area contributed by atoms with Crippen LogP contribution >= 0.6 is 0 Å². The zero-order chi connectivity index (χ0) is 29.6. The van der Waals surface area contributed by atoms with Crippen LogP contribution in [0.2, 0.25) is 0 Å². The molecule has 0 amide bonds. The van der Waals surface area contributed by atoms with E-state index in [-0.39, 0.29) is 12.1 Å². The predicted octanol–water partition coefficient (Wildman–Crippen LogP) is 9.69. The summed E-state index contributed by atoms with van der Waals surface area (Å²) in [6.07, 6.45) is 19.7. The Labute approximate surface area is 252 Å². The second-order valence-electron chi connectivity index (χ2n) is 12.6. The third-order valence-electron chi connectivity index (χ3n) is 7.94. The van der Waals surface area contributed by atoms with Gasteiger partial charge in [-0.2, -0.15) is 0 Å². The van der Waals surface area contributed by atoms with Gasteiger partial charge in [0.2, 0.25) is 0 Å². The summed E-state index contributed by atoms with van der Waals surface area (Å²) in [5, 5.41) is 0. The first-order valence-corrected chi connectivity index (χ1v) is 16.6. The van der Waals surface area contributed by atoms with E-state index in [2.05, 4.69) is 70.4 Å². The number of benzene rings is 2. The molecule has 230 valence electrons. The molecule has 0 aliphatic heterocycles. The Morgan fingerprint density at radius 2 is 1.37 bits per heavy atom. The normalized spacial score (nSPS) is 12.3. The van der Waals surface area contributed by atoms with Gasteiger partial charge in [-0.05, 0) is 37.5 Å². The highest BCUT2D eigenvalue weighted by molar-refractivity contribution is 5.69. The Morgan fingerprint density at radius 1 is 0.756 bits per heavy atom. The van der Waals surface area contributed by atoms with E-state index in [0.29, 0.717) is 19.4 Å². The van der Waals surface area contributed by atoms with Crippen LogP contribution in [0.4, 0.5) is 0 Å². The van der Waals surface area contributed by atoms with Gasteiger partial charge in [0.05, 0.1) is 39.8 Å². The summed E-state index contributed by atoms with van der Waals surface area (Å²) < 4.78 is 12.5. The molecule has 0 heterocycles. The van der Waals surface area contributed by atoms with Gasteiger partial charge in [0, 0.05) is 18.4 Å². The summed E-state index contributed by atoms with van der Waals surface area (Å²) in [6.45, 7) is 6.64. The highest BCUT2D eigenvalue weighted by Crippen LogP contribution is 2.19. The van der Waals surface area contributed by atoms with Crippen LogP contribution < -0.4 is 4.74 Å². The number of esters is 1. The number of aryl methyl sites for hydroxylation is 1. The number of rotatable bonds is 24. The molecule has 1 unspecified atom stereocenters. The maximum absolute atomic E-state index is 12.3. The smallest absolute Gasteiger partial charge is 0.306 e. The van der Waals surface area contributed by atoms with Crippen LogP contribution in [0, 0.1) is 0 Å². The van der Waals surface area contributed by atoms with Crippen molar-refractivity contribution in [2.24, 2.45) is 0 Å². The van der Waals surface area contributed by atoms with Gasteiger partial charge in [0.1, 0.15) is 12.3 Å². The lowest BCUT2D eigenvalue weighted by molar-refractivity contribution is -0.903. The molecule has 0 saturated heterocycles. The van der Waals surface area contributed by atoms with Gasteiger partial charge in [-0.25, -0.2) is 0 Å². The molecule has 0 saturated carbocycles. The van der Waals surface area contributed by atoms with E-state index in [1.54, 1.807) is 0 Å². The summed E-state index contributed by atoms with van der Waals surface area (Å²) >= 11 is 0. The van der Waals surface area contributed by atoms with Crippen LogP contribution in [0.25, 0.3) is 0 Å². The molecule has 2 aromatic rings. The zero-order valence-corrected chi connectivity index (χ0v) is 26.9. The fourth-order valence-corrected chi connectivity index (χ4v) is 5.45. The van der Waals surface area contributed by atoms with Gasteiger partial charge in [-0.3, -0.25) is 4.79 Å². The Morgan fingerprint density at radius 3 is 2.02 bits per heavy atom. The monoisotopic (exact) mass is 566 g/mol. The van der Waals surface area contributed by atoms with Gasteiger partial charge in [0.25, 0.3) is 0 Å². The number of carbonyl (C=O) groups excluding carboxylic acids is 1. The molecule has 0 aromatic heterocycles. The van der Waals surface area contributed by atoms with Gasteiger partial charge in [-0.1, -0.05) is 120 Å². The highest BCUT2D eigenvalue weighted by atomic mass is 16.5. The first kappa shape index (κ1) is 34.9. The highest BCUT2D eigenvalue weighted by Gasteiger charge is 2.17. The van der Waals surface area contributed by atoms with Crippen molar-refractivity contribution in [3.8, 4) is 5.75 Å². The number of carbonyl (C=O) groups is 1. The van der Waals surface area contributed by atoms with Crippen molar-refractivity contribution in [3.63, 3.8) is 0 Å². The number of unbranched alkanes of at least 4 members (excludes halogenated alkanes) is 11. The molecule has 0 N–H and O–H groups in total. The first-order chi connectivity index (χ1) is 19.9. The van der Waals surface area contributed by atoms with Crippen molar-refractivity contribution in [1.82, 2.24) is 0 Å². The van der Waals surface area contributed by atoms with E-state index in [9.17, 15) is 4.79 Å². The molecule has 0 fully saturated rings. The van der Waals surface area contributed by atoms with Gasteiger partial charge in [-0.15, -0.1) is 0 Å². The fourth-order valence-electron chi connectivity index (χ4n) is 5.45. The number of hydrogen-bond donors (Lipinski definition) is 0. The molecule has 1 atom stereocenters. The molecule has 4 heteroatoms. The van der Waals surface area contributed by atoms with Crippen molar-refractivity contribution in [2.75, 3.05) is 27.2 Å². The van der Waals surface area contributed by atoms with Crippen molar-refractivity contribution in [3.05, 3.63) is 65.7 Å². The first-order valence-electron chi connectivity index (χ1n) is 16.6. The second-order valence-corrected chi connectivity index (χ2v) is 12.6. The van der Waals surface area contributed by atoms with Gasteiger partial charge in [0.15, 0.2) is 0 Å². The van der Waals surface area contributed by atoms with Crippen LogP contribution in [0.3, 0.4) is 0 Å². The van der Waals surface area contributed by atoms with E-state index in [1.165, 1.54) is 88.2 Å². The summed E-state index contributed by atoms with van der Waals surface area (Å²) in [4.78, 5) is 12.3. The van der Waals surface area contributed by atoms with E-state index < -0.39 is 0 Å². The summed E-state index contributed by atoms with van der Waals surface area (Å²) in [7, 11) is 4.43. The standard InChI is InChI=1S/C37H60NO3/c1-5-6-7-8-9-10-11-12-13-14-15-17-22-34-25-20-26-36(31-34)41-33(2)28-30-40-37(39)27-21-29-38(3,4)32-35-23-18-16-19-24-35/h16,18-20,23-26,31,33H,5-15,17,21-22,27-30,32H2,1-4H3/q+1. The molecule has 2 rings (SSSR count). The molecule has 0 spiro atoms. The average molecular weight is 567 g/mol. The van der Waals surface area contributed by atoms with Crippen LogP contribution in [0.1, 0.15) is 121 Å². The fraction of sp³-hybridized carbons (Fsp3) is 0.649. The summed E-state index contributed by atoms with van der Waals surface area (Å²) in [5.74, 6) is 0.806. The number of ether oxygens (including phenoxy) is 2. The molecule has 0 aliphatic carbocycles. The molecule has 0 bridgehead atoms. The van der Waals surface area contributed by atoms with E-state index >= 15 is 0 Å². The van der Waals surface area contributed by atoms with Crippen molar-refractivity contribution in [2.45, 2.75) is 129 Å². The SMILES string of the molecule is CCCCCCCCCCCCCCc1cccc(OC(C)CCOC(=O)CCC[N+](C)(C)Cc2ccccc2)c1. The zero-order valence-electron chi connectivity index (χ0n) is 26.9. The van der Waals surface area contributed by atoms with Crippen LogP contribution in [0.15, 0.2) is 54.6 Å². The molecule has 4 nitrogen and oxygen atoms in total. The van der Waals surface area contributed by atoms with Crippen molar-refractivity contribution < 1.29 is 18.8 Å². The Hall–Kier alpha value is -2.33. The maximum Gasteiger partial charge on any atom is 0.306 e. The summed E-state index contributed by atoms with van der Waals surface area (Å²) in [5.41, 5.74) is 2.67. The van der Waals surface area contributed by atoms with E-state index in [4.69, 9.17) is 9.47 Å². The van der Waals surface area contributed by atoms with Gasteiger partial charge < -0.3 is 14.0 Å². The average Bonchev–Trinajstić information content (AvgIpc) is 2.94. The van der Waals surface area contributed by atoms with Crippen molar-refractivity contribution in [1.29, 1.82) is 0 Å². The second kappa shape index (κ2) is 21.4. The van der Waals surface area contributed by atoms with Crippen LogP contribution in [-0.4, -0.2) is 43.8 Å². The molecule has 41 heavy (non-hydrogen) atoms. The number of quaternary nitrogens is 1. The maximum atomic E-state index is 12.3. The number of hydrogen-bond acceptors (Lipinski definition) is 3. The Bertz CT molecular complexity index is 927. The predicted molar refractivity (Wildman–Crippen MR) is 173 cm³/mol. The minimum Gasteiger partial charge on any atom is -0.491 e. The molecular weight excluding hydrogens is 506 g/mol. The number of nitrogens with zero attached hydrogens (tertiary/aromatic N) is 1. The molecule has 2 aromatic carbocycles.